The molecule has 9 heteroatoms. The Kier molecular flexibility index (Phi) is 5.15. The Labute approximate surface area is 152 Å². The van der Waals surface area contributed by atoms with Crippen LogP contribution in [0, 0.1) is 10.1 Å². The summed E-state index contributed by atoms with van der Waals surface area (Å²) in [6, 6.07) is 11.5. The molecule has 0 saturated carbocycles. The zero-order valence-corrected chi connectivity index (χ0v) is 14.2. The molecule has 8 nitrogen and oxygen atoms in total. The molecule has 3 N–H and O–H groups in total. The lowest BCUT2D eigenvalue weighted by Gasteiger charge is -2.11. The van der Waals surface area contributed by atoms with Crippen molar-refractivity contribution in [3.8, 4) is 11.3 Å². The first kappa shape index (κ1) is 17.8. The van der Waals surface area contributed by atoms with E-state index < -0.39 is 11.0 Å². The highest BCUT2D eigenvalue weighted by Gasteiger charge is 2.18. The molecular formula is C17H15ClN4O4. The predicted octanol–water partition coefficient (Wildman–Crippen LogP) is 2.51. The molecule has 1 heterocycles. The highest BCUT2D eigenvalue weighted by atomic mass is 35.5. The van der Waals surface area contributed by atoms with Gasteiger partial charge in [0.15, 0.2) is 0 Å². The van der Waals surface area contributed by atoms with E-state index in [1.807, 2.05) is 0 Å². The molecule has 0 aliphatic carbocycles. The monoisotopic (exact) mass is 374 g/mol. The van der Waals surface area contributed by atoms with Crippen LogP contribution in [0.2, 0.25) is 0 Å². The van der Waals surface area contributed by atoms with Gasteiger partial charge in [0.05, 0.1) is 28.0 Å². The van der Waals surface area contributed by atoms with E-state index in [4.69, 9.17) is 11.6 Å². The van der Waals surface area contributed by atoms with Gasteiger partial charge in [0.2, 0.25) is 0 Å². The van der Waals surface area contributed by atoms with Gasteiger partial charge in [0, 0.05) is 23.6 Å². The Morgan fingerprint density at radius 3 is 2.69 bits per heavy atom. The number of rotatable bonds is 6. The van der Waals surface area contributed by atoms with Crippen LogP contribution in [0.4, 0.5) is 11.4 Å². The van der Waals surface area contributed by atoms with E-state index in [-0.39, 0.29) is 29.4 Å². The second-order valence-corrected chi connectivity index (χ2v) is 5.93. The molecule has 0 aliphatic rings. The lowest BCUT2D eigenvalue weighted by Crippen LogP contribution is -2.21. The molecular weight excluding hydrogens is 360 g/mol. The number of hydrogen-bond acceptors (Lipinski definition) is 6. The number of aliphatic hydroxyl groups excluding tert-OH is 1. The maximum atomic E-state index is 11.9. The zero-order chi connectivity index (χ0) is 18.7. The largest absolute Gasteiger partial charge is 0.390 e. The summed E-state index contributed by atoms with van der Waals surface area (Å²) in [5, 5.41) is 31.3. The first-order valence-electron chi connectivity index (χ1n) is 7.75. The number of benzene rings is 2. The van der Waals surface area contributed by atoms with E-state index in [1.165, 1.54) is 12.1 Å². The van der Waals surface area contributed by atoms with Crippen LogP contribution in [0.3, 0.4) is 0 Å². The zero-order valence-electron chi connectivity index (χ0n) is 13.5. The number of nitrogens with one attached hydrogen (secondary N) is 2. The van der Waals surface area contributed by atoms with Crippen molar-refractivity contribution >= 4 is 33.7 Å². The number of halogens is 1. The molecule has 0 fully saturated rings. The predicted molar refractivity (Wildman–Crippen MR) is 99.7 cm³/mol. The van der Waals surface area contributed by atoms with E-state index in [0.29, 0.717) is 22.0 Å². The van der Waals surface area contributed by atoms with Gasteiger partial charge < -0.3 is 10.4 Å². The smallest absolute Gasteiger partial charge is 0.292 e. The number of nitro groups is 1. The van der Waals surface area contributed by atoms with Crippen molar-refractivity contribution in [2.24, 2.45) is 0 Å². The van der Waals surface area contributed by atoms with Crippen molar-refractivity contribution in [1.82, 2.24) is 10.2 Å². The van der Waals surface area contributed by atoms with Gasteiger partial charge in [-0.2, -0.15) is 5.10 Å². The van der Waals surface area contributed by atoms with Crippen molar-refractivity contribution in [3.63, 3.8) is 0 Å². The quantitative estimate of drug-likeness (QED) is 0.346. The second kappa shape index (κ2) is 7.51. The van der Waals surface area contributed by atoms with Crippen molar-refractivity contribution < 1.29 is 10.0 Å². The summed E-state index contributed by atoms with van der Waals surface area (Å²) in [4.78, 5) is 22.8. The minimum absolute atomic E-state index is 0.0200. The molecule has 0 amide bonds. The molecule has 3 rings (SSSR count). The third-order valence-corrected chi connectivity index (χ3v) is 4.23. The number of fused-ring (bicyclic) bond motifs is 1. The third kappa shape index (κ3) is 3.51. The lowest BCUT2D eigenvalue weighted by atomic mass is 10.0. The molecule has 3 aromatic rings. The van der Waals surface area contributed by atoms with Gasteiger partial charge in [0.25, 0.3) is 11.2 Å². The normalized spacial score (nSPS) is 12.1. The van der Waals surface area contributed by atoms with Gasteiger partial charge in [-0.05, 0) is 12.1 Å². The average Bonchev–Trinajstić information content (AvgIpc) is 2.66. The molecule has 0 spiro atoms. The van der Waals surface area contributed by atoms with Crippen LogP contribution in [-0.4, -0.2) is 38.8 Å². The van der Waals surface area contributed by atoms with Crippen LogP contribution in [0.15, 0.2) is 47.3 Å². The van der Waals surface area contributed by atoms with Gasteiger partial charge in [-0.25, -0.2) is 5.10 Å². The van der Waals surface area contributed by atoms with Crippen LogP contribution in [0.25, 0.3) is 22.0 Å². The number of nitrogens with zero attached hydrogens (tertiary/aromatic N) is 2. The van der Waals surface area contributed by atoms with Gasteiger partial charge in [0.1, 0.15) is 5.69 Å². The van der Waals surface area contributed by atoms with E-state index >= 15 is 0 Å². The molecule has 1 unspecified atom stereocenters. The maximum absolute atomic E-state index is 11.9. The molecule has 134 valence electrons. The van der Waals surface area contributed by atoms with Crippen LogP contribution in [0.1, 0.15) is 0 Å². The topological polar surface area (TPSA) is 121 Å². The van der Waals surface area contributed by atoms with E-state index in [9.17, 15) is 20.0 Å². The number of alkyl halides is 1. The highest BCUT2D eigenvalue weighted by Crippen LogP contribution is 2.32. The average molecular weight is 375 g/mol. The highest BCUT2D eigenvalue weighted by molar-refractivity contribution is 6.18. The van der Waals surface area contributed by atoms with Crippen molar-refractivity contribution in [2.45, 2.75) is 6.10 Å². The van der Waals surface area contributed by atoms with E-state index in [2.05, 4.69) is 15.5 Å². The minimum Gasteiger partial charge on any atom is -0.390 e. The SMILES string of the molecule is O=c1[nH]nc(-c2ccc(NCC(O)CCl)c([N+](=O)[O-])c2)c2ccccc12. The Hall–Kier alpha value is -2.97. The van der Waals surface area contributed by atoms with Crippen LogP contribution < -0.4 is 10.9 Å². The Morgan fingerprint density at radius 1 is 1.27 bits per heavy atom. The molecule has 0 aliphatic heterocycles. The van der Waals surface area contributed by atoms with Crippen molar-refractivity contribution in [1.29, 1.82) is 0 Å². The van der Waals surface area contributed by atoms with Crippen LogP contribution in [0.5, 0.6) is 0 Å². The number of nitro benzene ring substituents is 1. The molecule has 0 radical (unpaired) electrons. The van der Waals surface area contributed by atoms with Gasteiger partial charge >= 0.3 is 0 Å². The van der Waals surface area contributed by atoms with Gasteiger partial charge in [-0.15, -0.1) is 11.6 Å². The second-order valence-electron chi connectivity index (χ2n) is 5.62. The standard InChI is InChI=1S/C17H15ClN4O4/c18-8-11(23)9-19-14-6-5-10(7-15(14)22(25)26)16-12-3-1-2-4-13(12)17(24)21-20-16/h1-7,11,19,23H,8-9H2,(H,21,24). The summed E-state index contributed by atoms with van der Waals surface area (Å²) in [5.74, 6) is 0.0200. The lowest BCUT2D eigenvalue weighted by molar-refractivity contribution is -0.383. The van der Waals surface area contributed by atoms with Crippen LogP contribution in [-0.2, 0) is 0 Å². The van der Waals surface area contributed by atoms with Crippen molar-refractivity contribution in [3.05, 3.63) is 62.9 Å². The van der Waals surface area contributed by atoms with Gasteiger partial charge in [-0.3, -0.25) is 14.9 Å². The summed E-state index contributed by atoms with van der Waals surface area (Å²) in [5.41, 5.74) is 0.702. The minimum atomic E-state index is -0.819. The molecule has 0 saturated heterocycles. The Balaban J connectivity index is 2.07. The van der Waals surface area contributed by atoms with E-state index in [1.54, 1.807) is 30.3 Å². The summed E-state index contributed by atoms with van der Waals surface area (Å²) in [7, 11) is 0. The van der Waals surface area contributed by atoms with Crippen LogP contribution >= 0.6 is 11.6 Å². The number of aromatic amines is 1. The van der Waals surface area contributed by atoms with Crippen molar-refractivity contribution in [2.75, 3.05) is 17.7 Å². The third-order valence-electron chi connectivity index (χ3n) is 3.87. The molecule has 2 aromatic carbocycles. The number of aromatic nitrogens is 2. The number of hydrogen-bond donors (Lipinski definition) is 3. The number of aliphatic hydroxyl groups is 1. The van der Waals surface area contributed by atoms with E-state index in [0.717, 1.165) is 0 Å². The molecule has 1 aromatic heterocycles. The Morgan fingerprint density at radius 2 is 2.00 bits per heavy atom. The fourth-order valence-corrected chi connectivity index (χ4v) is 2.71. The molecule has 0 bridgehead atoms. The fraction of sp³-hybridized carbons (Fsp3) is 0.176. The fourth-order valence-electron chi connectivity index (χ4n) is 2.60. The summed E-state index contributed by atoms with van der Waals surface area (Å²) >= 11 is 5.53. The number of H-pyrrole nitrogens is 1. The summed E-state index contributed by atoms with van der Waals surface area (Å²) < 4.78 is 0. The molecule has 26 heavy (non-hydrogen) atoms. The summed E-state index contributed by atoms with van der Waals surface area (Å²) in [6.45, 7) is 0.0868. The Bertz CT molecular complexity index is 1020. The number of anilines is 1. The first-order chi connectivity index (χ1) is 12.5. The first-order valence-corrected chi connectivity index (χ1v) is 8.29. The van der Waals surface area contributed by atoms with Gasteiger partial charge in [-0.1, -0.05) is 24.3 Å². The maximum Gasteiger partial charge on any atom is 0.292 e. The summed E-state index contributed by atoms with van der Waals surface area (Å²) in [6.07, 6.45) is -0.819. The molecule has 1 atom stereocenters.